The van der Waals surface area contributed by atoms with Gasteiger partial charge in [0.25, 0.3) is 0 Å². The Morgan fingerprint density at radius 3 is 2.70 bits per heavy atom. The molecule has 0 aliphatic heterocycles. The number of carbonyl (C=O) groups is 1. The molecule has 1 saturated carbocycles. The second-order valence-electron chi connectivity index (χ2n) is 4.77. The Bertz CT molecular complexity index is 614. The maximum absolute atomic E-state index is 11.7. The lowest BCUT2D eigenvalue weighted by atomic mass is 10.3. The molecular formula is C12H16ClN3O3S. The van der Waals surface area contributed by atoms with Crippen molar-refractivity contribution in [3.05, 3.63) is 23.2 Å². The molecule has 110 valence electrons. The van der Waals surface area contributed by atoms with E-state index in [4.69, 9.17) is 11.6 Å². The normalized spacial score (nSPS) is 14.9. The molecule has 1 aromatic carbocycles. The smallest absolute Gasteiger partial charge is 0.238 e. The van der Waals surface area contributed by atoms with Crippen LogP contribution in [0.25, 0.3) is 0 Å². The molecule has 1 amide bonds. The summed E-state index contributed by atoms with van der Waals surface area (Å²) in [4.78, 5) is 11.7. The van der Waals surface area contributed by atoms with Crippen molar-refractivity contribution in [2.45, 2.75) is 18.9 Å². The van der Waals surface area contributed by atoms with Crippen molar-refractivity contribution >= 4 is 38.9 Å². The van der Waals surface area contributed by atoms with E-state index in [9.17, 15) is 13.2 Å². The molecule has 0 spiro atoms. The largest absolute Gasteiger partial charge is 0.324 e. The van der Waals surface area contributed by atoms with E-state index in [1.807, 2.05) is 0 Å². The first kappa shape index (κ1) is 15.1. The van der Waals surface area contributed by atoms with Crippen LogP contribution in [0.5, 0.6) is 0 Å². The van der Waals surface area contributed by atoms with Gasteiger partial charge in [0.15, 0.2) is 0 Å². The van der Waals surface area contributed by atoms with Crippen LogP contribution in [-0.4, -0.2) is 33.2 Å². The average molecular weight is 318 g/mol. The third-order valence-electron chi connectivity index (χ3n) is 2.67. The Labute approximate surface area is 122 Å². The highest BCUT2D eigenvalue weighted by atomic mass is 35.5. The van der Waals surface area contributed by atoms with Crippen LogP contribution < -0.4 is 15.4 Å². The quantitative estimate of drug-likeness (QED) is 0.740. The summed E-state index contributed by atoms with van der Waals surface area (Å²) in [6, 6.07) is 4.98. The summed E-state index contributed by atoms with van der Waals surface area (Å²) in [6.45, 7) is 0.213. The van der Waals surface area contributed by atoms with E-state index in [-0.39, 0.29) is 12.5 Å². The standard InChI is InChI=1S/C12H16ClN3O3S/c1-20(18,19)16-9-4-5-10(13)11(6-9)15-12(17)7-14-8-2-3-8/h4-6,8,14,16H,2-3,7H2,1H3,(H,15,17). The number of carbonyl (C=O) groups excluding carboxylic acids is 1. The van der Waals surface area contributed by atoms with Gasteiger partial charge in [-0.2, -0.15) is 0 Å². The molecule has 1 aliphatic rings. The summed E-state index contributed by atoms with van der Waals surface area (Å²) in [5.41, 5.74) is 0.727. The average Bonchev–Trinajstić information content (AvgIpc) is 3.13. The van der Waals surface area contributed by atoms with E-state index in [0.717, 1.165) is 19.1 Å². The van der Waals surface area contributed by atoms with Crippen LogP contribution in [0.15, 0.2) is 18.2 Å². The minimum atomic E-state index is -3.37. The lowest BCUT2D eigenvalue weighted by Gasteiger charge is -2.10. The number of nitrogens with one attached hydrogen (secondary N) is 3. The fourth-order valence-electron chi connectivity index (χ4n) is 1.62. The second-order valence-corrected chi connectivity index (χ2v) is 6.93. The van der Waals surface area contributed by atoms with Gasteiger partial charge >= 0.3 is 0 Å². The lowest BCUT2D eigenvalue weighted by molar-refractivity contribution is -0.115. The Morgan fingerprint density at radius 1 is 1.40 bits per heavy atom. The van der Waals surface area contributed by atoms with Crippen molar-refractivity contribution in [1.29, 1.82) is 0 Å². The first-order valence-corrected chi connectivity index (χ1v) is 8.41. The van der Waals surface area contributed by atoms with Crippen LogP contribution in [-0.2, 0) is 14.8 Å². The Morgan fingerprint density at radius 2 is 2.10 bits per heavy atom. The number of hydrogen-bond donors (Lipinski definition) is 3. The number of benzene rings is 1. The van der Waals surface area contributed by atoms with Crippen LogP contribution in [0.4, 0.5) is 11.4 Å². The number of halogens is 1. The van der Waals surface area contributed by atoms with Crippen molar-refractivity contribution in [3.63, 3.8) is 0 Å². The van der Waals surface area contributed by atoms with Crippen LogP contribution in [0.2, 0.25) is 5.02 Å². The molecule has 1 aliphatic carbocycles. The molecule has 3 N–H and O–H groups in total. The summed E-state index contributed by atoms with van der Waals surface area (Å²) in [5.74, 6) is -0.213. The monoisotopic (exact) mass is 317 g/mol. The summed E-state index contributed by atoms with van der Waals surface area (Å²) in [6.07, 6.45) is 3.25. The molecule has 0 bridgehead atoms. The van der Waals surface area contributed by atoms with Crippen LogP contribution in [0.3, 0.4) is 0 Å². The zero-order valence-corrected chi connectivity index (χ0v) is 12.5. The maximum atomic E-state index is 11.7. The van der Waals surface area contributed by atoms with E-state index in [1.165, 1.54) is 18.2 Å². The van der Waals surface area contributed by atoms with Gasteiger partial charge in [0.05, 0.1) is 29.2 Å². The zero-order valence-electron chi connectivity index (χ0n) is 10.9. The third kappa shape index (κ3) is 4.99. The van der Waals surface area contributed by atoms with E-state index in [0.29, 0.717) is 22.4 Å². The molecule has 0 radical (unpaired) electrons. The molecule has 0 heterocycles. The predicted octanol–water partition coefficient (Wildman–Crippen LogP) is 1.40. The molecule has 0 atom stereocenters. The van der Waals surface area contributed by atoms with Crippen molar-refractivity contribution < 1.29 is 13.2 Å². The number of hydrogen-bond acceptors (Lipinski definition) is 4. The van der Waals surface area contributed by atoms with Crippen molar-refractivity contribution in [2.24, 2.45) is 0 Å². The highest BCUT2D eigenvalue weighted by Gasteiger charge is 2.21. The van der Waals surface area contributed by atoms with E-state index < -0.39 is 10.0 Å². The summed E-state index contributed by atoms with van der Waals surface area (Å²) in [7, 11) is -3.37. The Hall–Kier alpha value is -1.31. The van der Waals surface area contributed by atoms with Crippen LogP contribution in [0, 0.1) is 0 Å². The highest BCUT2D eigenvalue weighted by molar-refractivity contribution is 7.92. The topological polar surface area (TPSA) is 87.3 Å². The zero-order chi connectivity index (χ0) is 14.8. The van der Waals surface area contributed by atoms with Gasteiger partial charge in [-0.1, -0.05) is 11.6 Å². The predicted molar refractivity (Wildman–Crippen MR) is 79.6 cm³/mol. The van der Waals surface area contributed by atoms with Gasteiger partial charge in [0.2, 0.25) is 15.9 Å². The molecule has 1 fully saturated rings. The molecule has 8 heteroatoms. The SMILES string of the molecule is CS(=O)(=O)Nc1ccc(Cl)c(NC(=O)CNC2CC2)c1. The molecule has 6 nitrogen and oxygen atoms in total. The summed E-state index contributed by atoms with van der Waals surface area (Å²) in [5, 5.41) is 6.08. The highest BCUT2D eigenvalue weighted by Crippen LogP contribution is 2.26. The fraction of sp³-hybridized carbons (Fsp3) is 0.417. The number of anilines is 2. The lowest BCUT2D eigenvalue weighted by Crippen LogP contribution is -2.29. The van der Waals surface area contributed by atoms with Crippen molar-refractivity contribution in [2.75, 3.05) is 22.8 Å². The molecule has 2 rings (SSSR count). The fourth-order valence-corrected chi connectivity index (χ4v) is 2.34. The van der Waals surface area contributed by atoms with E-state index in [2.05, 4.69) is 15.4 Å². The Balaban J connectivity index is 2.01. The molecular weight excluding hydrogens is 302 g/mol. The van der Waals surface area contributed by atoms with Gasteiger partial charge in [-0.15, -0.1) is 0 Å². The summed E-state index contributed by atoms with van der Waals surface area (Å²) >= 11 is 5.97. The van der Waals surface area contributed by atoms with Crippen LogP contribution >= 0.6 is 11.6 Å². The molecule has 20 heavy (non-hydrogen) atoms. The van der Waals surface area contributed by atoms with E-state index in [1.54, 1.807) is 0 Å². The minimum absolute atomic E-state index is 0.213. The summed E-state index contributed by atoms with van der Waals surface area (Å²) < 4.78 is 24.7. The number of rotatable bonds is 6. The van der Waals surface area contributed by atoms with E-state index >= 15 is 0 Å². The third-order valence-corrected chi connectivity index (χ3v) is 3.61. The second kappa shape index (κ2) is 5.99. The van der Waals surface area contributed by atoms with Crippen LogP contribution in [0.1, 0.15) is 12.8 Å². The number of sulfonamides is 1. The molecule has 0 aromatic heterocycles. The maximum Gasteiger partial charge on any atom is 0.238 e. The van der Waals surface area contributed by atoms with Gasteiger partial charge in [-0.3, -0.25) is 9.52 Å². The van der Waals surface area contributed by atoms with Gasteiger partial charge < -0.3 is 10.6 Å². The van der Waals surface area contributed by atoms with Gasteiger partial charge in [-0.05, 0) is 31.0 Å². The Kier molecular flexibility index (Phi) is 4.52. The van der Waals surface area contributed by atoms with Crippen molar-refractivity contribution in [3.8, 4) is 0 Å². The van der Waals surface area contributed by atoms with Gasteiger partial charge in [0, 0.05) is 6.04 Å². The van der Waals surface area contributed by atoms with Crippen molar-refractivity contribution in [1.82, 2.24) is 5.32 Å². The molecule has 0 saturated heterocycles. The molecule has 0 unspecified atom stereocenters. The number of amides is 1. The molecule has 1 aromatic rings. The first-order chi connectivity index (χ1) is 9.33. The minimum Gasteiger partial charge on any atom is -0.324 e. The van der Waals surface area contributed by atoms with Gasteiger partial charge in [0.1, 0.15) is 0 Å². The van der Waals surface area contributed by atoms with Gasteiger partial charge in [-0.25, -0.2) is 8.42 Å². The first-order valence-electron chi connectivity index (χ1n) is 6.14.